The lowest BCUT2D eigenvalue weighted by Gasteiger charge is -2.34. The Hall–Kier alpha value is -1.80. The average Bonchev–Trinajstić information content (AvgIpc) is 3.01. The third-order valence-electron chi connectivity index (χ3n) is 7.43. The van der Waals surface area contributed by atoms with Gasteiger partial charge in [0.15, 0.2) is 0 Å². The summed E-state index contributed by atoms with van der Waals surface area (Å²) in [4.78, 5) is 15.9. The summed E-state index contributed by atoms with van der Waals surface area (Å²) in [5, 5.41) is 1.14. The lowest BCUT2D eigenvalue weighted by Crippen LogP contribution is -3.00. The van der Waals surface area contributed by atoms with Crippen LogP contribution >= 0.6 is 23.2 Å². The minimum atomic E-state index is -0.942. The molecule has 3 aromatic carbocycles. The number of benzene rings is 3. The molecule has 0 fully saturated rings. The summed E-state index contributed by atoms with van der Waals surface area (Å²) in [5.74, 6) is 0.723. The van der Waals surface area contributed by atoms with Crippen molar-refractivity contribution < 1.29 is 33.5 Å². The number of carbonyl (C=O) groups excluding carboxylic acids is 1. The van der Waals surface area contributed by atoms with Crippen LogP contribution in [0.2, 0.25) is 10.0 Å². The van der Waals surface area contributed by atoms with Crippen molar-refractivity contribution in [3.63, 3.8) is 0 Å². The van der Waals surface area contributed by atoms with Gasteiger partial charge in [0.25, 0.3) is 0 Å². The number of amides is 1. The van der Waals surface area contributed by atoms with Gasteiger partial charge in [-0.25, -0.2) is 0 Å². The summed E-state index contributed by atoms with van der Waals surface area (Å²) in [6, 6.07) is 19.8. The van der Waals surface area contributed by atoms with E-state index in [2.05, 4.69) is 46.1 Å². The maximum Gasteiger partial charge on any atom is 0.242 e. The Morgan fingerprint density at radius 1 is 1.00 bits per heavy atom. The summed E-state index contributed by atoms with van der Waals surface area (Å²) in [5.41, 5.74) is 3.60. The largest absolute Gasteiger partial charge is 1.00 e. The lowest BCUT2D eigenvalue weighted by atomic mass is 9.77. The molecule has 0 saturated carbocycles. The first-order valence-corrected chi connectivity index (χ1v) is 12.2. The third-order valence-corrected chi connectivity index (χ3v) is 7.99. The molecule has 0 spiro atoms. The Morgan fingerprint density at radius 3 is 2.31 bits per heavy atom. The van der Waals surface area contributed by atoms with Gasteiger partial charge in [0.05, 0.1) is 33.8 Å². The first kappa shape index (κ1) is 27.8. The zero-order valence-corrected chi connectivity index (χ0v) is 24.6. The molecule has 4 nitrogen and oxygen atoms in total. The summed E-state index contributed by atoms with van der Waals surface area (Å²) >= 11 is 13.0. The number of anilines is 1. The highest BCUT2D eigenvalue weighted by molar-refractivity contribution is 6.32. The van der Waals surface area contributed by atoms with Crippen LogP contribution in [0.3, 0.4) is 0 Å². The first-order chi connectivity index (χ1) is 16.0. The highest BCUT2D eigenvalue weighted by Crippen LogP contribution is 2.49. The molecule has 3 aromatic rings. The van der Waals surface area contributed by atoms with Crippen molar-refractivity contribution in [1.82, 2.24) is 4.48 Å². The second-order valence-corrected chi connectivity index (χ2v) is 10.6. The zero-order chi connectivity index (χ0) is 24.8. The van der Waals surface area contributed by atoms with Crippen LogP contribution in [-0.4, -0.2) is 33.2 Å². The van der Waals surface area contributed by atoms with Crippen LogP contribution in [0.1, 0.15) is 37.5 Å². The predicted molar refractivity (Wildman–Crippen MR) is 142 cm³/mol. The van der Waals surface area contributed by atoms with E-state index in [-0.39, 0.29) is 29.9 Å². The van der Waals surface area contributed by atoms with Gasteiger partial charge < -0.3 is 33.6 Å². The van der Waals surface area contributed by atoms with Crippen molar-refractivity contribution in [2.75, 3.05) is 26.1 Å². The molecule has 1 aliphatic heterocycles. The fourth-order valence-corrected chi connectivity index (χ4v) is 5.11. The van der Waals surface area contributed by atoms with Crippen LogP contribution in [0.4, 0.5) is 11.4 Å². The molecule has 0 saturated heterocycles. The van der Waals surface area contributed by atoms with Crippen molar-refractivity contribution in [2.24, 2.45) is 0 Å². The zero-order valence-electron chi connectivity index (χ0n) is 20.9. The molecule has 1 atom stereocenters. The van der Waals surface area contributed by atoms with Gasteiger partial charge in [-0.05, 0) is 68.3 Å². The smallest absolute Gasteiger partial charge is 0.242 e. The quantitative estimate of drug-likeness (QED) is 0.308. The second kappa shape index (κ2) is 10.3. The molecule has 35 heavy (non-hydrogen) atoms. The monoisotopic (exact) mass is 624 g/mol. The highest BCUT2D eigenvalue weighted by Gasteiger charge is 2.49. The van der Waals surface area contributed by atoms with Crippen molar-refractivity contribution in [3.8, 4) is 5.75 Å². The van der Waals surface area contributed by atoms with Gasteiger partial charge in [-0.2, -0.15) is 0 Å². The number of hydrogen-bond acceptors (Lipinski definition) is 2. The van der Waals surface area contributed by atoms with Crippen LogP contribution in [0.5, 0.6) is 5.75 Å². The van der Waals surface area contributed by atoms with Crippen molar-refractivity contribution in [2.45, 2.75) is 38.8 Å². The maximum absolute atomic E-state index is 14.0. The number of methoxy groups -OCH3 is 1. The molecule has 1 aliphatic rings. The topological polar surface area (TPSA) is 29.5 Å². The first-order valence-electron chi connectivity index (χ1n) is 11.4. The molecule has 0 radical (unpaired) electrons. The van der Waals surface area contributed by atoms with Gasteiger partial charge in [-0.1, -0.05) is 41.4 Å². The molecule has 4 rings (SSSR count). The highest BCUT2D eigenvalue weighted by atomic mass is 127. The van der Waals surface area contributed by atoms with Gasteiger partial charge in [-0.15, -0.1) is 0 Å². The van der Waals surface area contributed by atoms with Crippen molar-refractivity contribution in [3.05, 3.63) is 87.4 Å². The van der Waals surface area contributed by atoms with Gasteiger partial charge >= 0.3 is 0 Å². The van der Waals surface area contributed by atoms with E-state index in [1.165, 1.54) is 0 Å². The summed E-state index contributed by atoms with van der Waals surface area (Å²) < 4.78 is 6.51. The van der Waals surface area contributed by atoms with E-state index in [1.807, 2.05) is 54.3 Å². The Bertz CT molecular complexity index is 1260. The molecule has 0 N–H and O–H groups in total. The van der Waals surface area contributed by atoms with E-state index in [1.54, 1.807) is 7.11 Å². The number of carbonyl (C=O) groups is 1. The normalized spacial score (nSPS) is 17.4. The Kier molecular flexibility index (Phi) is 8.17. The molecular weight excluding hydrogens is 594 g/mol. The van der Waals surface area contributed by atoms with E-state index < -0.39 is 5.41 Å². The van der Waals surface area contributed by atoms with Gasteiger partial charge in [0.1, 0.15) is 16.9 Å². The molecule has 1 heterocycles. The number of nitrogens with zero attached hydrogens (tertiary/aromatic N) is 2. The predicted octanol–water partition coefficient (Wildman–Crippen LogP) is 3.83. The number of ether oxygens (including phenoxy) is 1. The summed E-state index contributed by atoms with van der Waals surface area (Å²) in [7, 11) is 6.03. The fraction of sp³-hybridized carbons (Fsp3) is 0.321. The van der Waals surface area contributed by atoms with Crippen LogP contribution in [-0.2, 0) is 16.8 Å². The minimum absolute atomic E-state index is 0. The van der Waals surface area contributed by atoms with Crippen LogP contribution in [0.15, 0.2) is 60.7 Å². The van der Waals surface area contributed by atoms with E-state index in [0.717, 1.165) is 38.3 Å². The van der Waals surface area contributed by atoms with E-state index in [9.17, 15) is 4.79 Å². The molecular formula is C28H31Cl2IN2O2. The van der Waals surface area contributed by atoms with Crippen molar-refractivity contribution >= 4 is 40.5 Å². The molecule has 1 amide bonds. The third kappa shape index (κ3) is 4.68. The van der Waals surface area contributed by atoms with Gasteiger partial charge in [0.2, 0.25) is 5.91 Å². The molecule has 0 aliphatic carbocycles. The van der Waals surface area contributed by atoms with Crippen LogP contribution in [0, 0.1) is 0 Å². The van der Waals surface area contributed by atoms with E-state index >= 15 is 0 Å². The maximum atomic E-state index is 14.0. The second-order valence-electron chi connectivity index (χ2n) is 9.79. The lowest BCUT2D eigenvalue weighted by molar-refractivity contribution is -0.121. The Balaban J connectivity index is 0.00000342. The van der Waals surface area contributed by atoms with Crippen molar-refractivity contribution in [1.29, 1.82) is 0 Å². The molecule has 7 heteroatoms. The number of halogens is 3. The Labute approximate surface area is 235 Å². The van der Waals surface area contributed by atoms with Gasteiger partial charge in [0, 0.05) is 27.4 Å². The average molecular weight is 625 g/mol. The van der Waals surface area contributed by atoms with E-state index in [0.29, 0.717) is 22.6 Å². The molecule has 0 aromatic heterocycles. The number of quaternary nitrogens is 1. The SMILES string of the molecule is COc1cc([N+](C)(C)C(C)C)ccc1CN1C(=O)C(C)(c2ccccc2Cl)c2cc(Cl)ccc21.[I-]. The molecule has 1 unspecified atom stereocenters. The molecule has 0 bridgehead atoms. The summed E-state index contributed by atoms with van der Waals surface area (Å²) in [6.07, 6.45) is 0. The van der Waals surface area contributed by atoms with Crippen LogP contribution < -0.4 is 38.1 Å². The Morgan fingerprint density at radius 2 is 1.69 bits per heavy atom. The minimum Gasteiger partial charge on any atom is -1.00 e. The van der Waals surface area contributed by atoms with Gasteiger partial charge in [-0.3, -0.25) is 9.28 Å². The number of hydrogen-bond donors (Lipinski definition) is 0. The molecule has 186 valence electrons. The fourth-order valence-electron chi connectivity index (χ4n) is 4.61. The summed E-state index contributed by atoms with van der Waals surface area (Å²) in [6.45, 7) is 6.70. The number of rotatable bonds is 6. The van der Waals surface area contributed by atoms with E-state index in [4.69, 9.17) is 27.9 Å². The van der Waals surface area contributed by atoms with Crippen LogP contribution in [0.25, 0.3) is 0 Å². The number of fused-ring (bicyclic) bond motifs is 1. The standard InChI is InChI=1S/C28H31Cl2N2O2.HI/c1-18(2)32(4,5)21-13-11-19(26(16-21)34-6)17-31-25-14-12-20(29)15-23(25)28(3,27(31)33)22-9-7-8-10-24(22)30;/h7-16,18H,17H2,1-6H3;1H/q+1;/p-1.